The van der Waals surface area contributed by atoms with Gasteiger partial charge in [0.2, 0.25) is 0 Å². The number of carbonyl (C=O) groups is 1. The molecular weight excluding hydrogens is 472 g/mol. The summed E-state index contributed by atoms with van der Waals surface area (Å²) in [6.07, 6.45) is 0. The van der Waals surface area contributed by atoms with E-state index in [2.05, 4.69) is 39.4 Å². The van der Waals surface area contributed by atoms with Gasteiger partial charge in [0.25, 0.3) is 5.91 Å². The highest BCUT2D eigenvalue weighted by atomic mass is 16.5. The van der Waals surface area contributed by atoms with Gasteiger partial charge in [-0.05, 0) is 65.7 Å². The number of hydrogen-bond acceptors (Lipinski definition) is 5. The van der Waals surface area contributed by atoms with Gasteiger partial charge >= 0.3 is 0 Å². The number of nitrogens with one attached hydrogen (secondary N) is 1. The van der Waals surface area contributed by atoms with Crippen LogP contribution in [-0.4, -0.2) is 44.1 Å². The quantitative estimate of drug-likeness (QED) is 0.346. The van der Waals surface area contributed by atoms with Crippen molar-refractivity contribution in [1.82, 2.24) is 4.90 Å². The highest BCUT2D eigenvalue weighted by molar-refractivity contribution is 6.05. The summed E-state index contributed by atoms with van der Waals surface area (Å²) in [4.78, 5) is 17.7. The van der Waals surface area contributed by atoms with E-state index in [0.29, 0.717) is 16.9 Å². The first-order valence-electron chi connectivity index (χ1n) is 12.7. The zero-order valence-corrected chi connectivity index (χ0v) is 21.4. The molecule has 5 rings (SSSR count). The van der Waals surface area contributed by atoms with E-state index in [0.717, 1.165) is 55.2 Å². The average molecular weight is 503 g/mol. The molecule has 190 valence electrons. The van der Waals surface area contributed by atoms with E-state index in [1.54, 1.807) is 13.2 Å². The third-order valence-corrected chi connectivity index (χ3v) is 6.87. The number of benzene rings is 4. The maximum Gasteiger partial charge on any atom is 0.255 e. The summed E-state index contributed by atoms with van der Waals surface area (Å²) in [6, 6.07) is 33.6. The molecule has 1 amide bonds. The number of hydrogen-bond donors (Lipinski definition) is 1. The molecule has 0 saturated carbocycles. The molecule has 38 heavy (non-hydrogen) atoms. The molecule has 1 fully saturated rings. The fraction of sp³-hybridized carbons (Fsp3) is 0.188. The molecule has 1 saturated heterocycles. The number of amides is 1. The molecule has 0 bridgehead atoms. The van der Waals surface area contributed by atoms with E-state index in [-0.39, 0.29) is 5.91 Å². The second kappa shape index (κ2) is 11.6. The minimum Gasteiger partial charge on any atom is -0.496 e. The lowest BCUT2D eigenvalue weighted by atomic mass is 10.0. The maximum absolute atomic E-state index is 12.9. The summed E-state index contributed by atoms with van der Waals surface area (Å²) in [5.74, 6) is 0.487. The third-order valence-electron chi connectivity index (χ3n) is 6.87. The Kier molecular flexibility index (Phi) is 7.67. The Bertz CT molecular complexity index is 1440. The monoisotopic (exact) mass is 502 g/mol. The number of carbonyl (C=O) groups excluding carboxylic acids is 1. The van der Waals surface area contributed by atoms with E-state index >= 15 is 0 Å². The largest absolute Gasteiger partial charge is 0.496 e. The van der Waals surface area contributed by atoms with Gasteiger partial charge < -0.3 is 15.0 Å². The first kappa shape index (κ1) is 25.1. The van der Waals surface area contributed by atoms with Crippen LogP contribution in [0.15, 0.2) is 97.1 Å². The minimum absolute atomic E-state index is 0.176. The topological polar surface area (TPSA) is 68.6 Å². The Morgan fingerprint density at radius 2 is 1.66 bits per heavy atom. The van der Waals surface area contributed by atoms with Crippen molar-refractivity contribution in [3.8, 4) is 22.9 Å². The van der Waals surface area contributed by atoms with Crippen LogP contribution in [0, 0.1) is 11.3 Å². The maximum atomic E-state index is 12.9. The summed E-state index contributed by atoms with van der Waals surface area (Å²) in [7, 11) is 1.62. The van der Waals surface area contributed by atoms with Gasteiger partial charge in [-0.25, -0.2) is 0 Å². The molecule has 0 aromatic heterocycles. The SMILES string of the molecule is COc1cc(C(=O)Nc2ccc(N3CCN(Cc4cccc(C#N)c4)CC3)cc2)ccc1-c1ccccc1. The van der Waals surface area contributed by atoms with Crippen molar-refractivity contribution in [2.75, 3.05) is 43.5 Å². The lowest BCUT2D eigenvalue weighted by Crippen LogP contribution is -2.45. The van der Waals surface area contributed by atoms with Gasteiger partial charge in [-0.3, -0.25) is 9.69 Å². The number of nitriles is 1. The zero-order chi connectivity index (χ0) is 26.3. The second-order valence-corrected chi connectivity index (χ2v) is 9.36. The Morgan fingerprint density at radius 3 is 2.37 bits per heavy atom. The number of methoxy groups -OCH3 is 1. The van der Waals surface area contributed by atoms with Crippen molar-refractivity contribution in [2.24, 2.45) is 0 Å². The van der Waals surface area contributed by atoms with Crippen molar-refractivity contribution in [2.45, 2.75) is 6.54 Å². The van der Waals surface area contributed by atoms with Gasteiger partial charge in [0.05, 0.1) is 18.7 Å². The van der Waals surface area contributed by atoms with Crippen LogP contribution in [0.3, 0.4) is 0 Å². The Hall–Kier alpha value is -4.60. The second-order valence-electron chi connectivity index (χ2n) is 9.36. The predicted octanol–water partition coefficient (Wildman–Crippen LogP) is 5.81. The Balaban J connectivity index is 1.17. The van der Waals surface area contributed by atoms with Crippen LogP contribution in [0.4, 0.5) is 11.4 Å². The molecule has 1 N–H and O–H groups in total. The molecule has 6 nitrogen and oxygen atoms in total. The predicted molar refractivity (Wildman–Crippen MR) is 151 cm³/mol. The third kappa shape index (κ3) is 5.86. The van der Waals surface area contributed by atoms with Gasteiger partial charge in [0.15, 0.2) is 0 Å². The summed E-state index contributed by atoms with van der Waals surface area (Å²) >= 11 is 0. The van der Waals surface area contributed by atoms with E-state index in [1.807, 2.05) is 72.8 Å². The van der Waals surface area contributed by atoms with Crippen LogP contribution in [-0.2, 0) is 6.54 Å². The highest BCUT2D eigenvalue weighted by Crippen LogP contribution is 2.31. The number of anilines is 2. The number of nitrogens with zero attached hydrogens (tertiary/aromatic N) is 3. The molecule has 4 aromatic rings. The van der Waals surface area contributed by atoms with Crippen LogP contribution in [0.1, 0.15) is 21.5 Å². The molecule has 1 heterocycles. The van der Waals surface area contributed by atoms with Crippen LogP contribution in [0.2, 0.25) is 0 Å². The number of piperazine rings is 1. The van der Waals surface area contributed by atoms with Crippen molar-refractivity contribution in [3.05, 3.63) is 114 Å². The van der Waals surface area contributed by atoms with E-state index < -0.39 is 0 Å². The van der Waals surface area contributed by atoms with Crippen molar-refractivity contribution < 1.29 is 9.53 Å². The van der Waals surface area contributed by atoms with Crippen molar-refractivity contribution in [1.29, 1.82) is 5.26 Å². The summed E-state index contributed by atoms with van der Waals surface area (Å²) in [5, 5.41) is 12.1. The smallest absolute Gasteiger partial charge is 0.255 e. The van der Waals surface area contributed by atoms with Gasteiger partial charge in [0.1, 0.15) is 5.75 Å². The molecule has 1 aliphatic heterocycles. The molecule has 0 radical (unpaired) electrons. The highest BCUT2D eigenvalue weighted by Gasteiger charge is 2.18. The van der Waals surface area contributed by atoms with Gasteiger partial charge in [-0.1, -0.05) is 42.5 Å². The molecule has 0 unspecified atom stereocenters. The van der Waals surface area contributed by atoms with Crippen LogP contribution in [0.25, 0.3) is 11.1 Å². The number of ether oxygens (including phenoxy) is 1. The molecule has 4 aromatic carbocycles. The standard InChI is InChI=1S/C32H30N4O2/c1-38-31-21-27(10-15-30(31)26-8-3-2-4-9-26)32(37)34-28-11-13-29(14-12-28)36-18-16-35(17-19-36)23-25-7-5-6-24(20-25)22-33/h2-15,20-21H,16-19,23H2,1H3,(H,34,37). The summed E-state index contributed by atoms with van der Waals surface area (Å²) in [5.41, 5.74) is 6.30. The zero-order valence-electron chi connectivity index (χ0n) is 21.4. The normalized spacial score (nSPS) is 13.5. The van der Waals surface area contributed by atoms with Crippen LogP contribution < -0.4 is 15.0 Å². The molecule has 6 heteroatoms. The van der Waals surface area contributed by atoms with Gasteiger partial charge in [0, 0.05) is 55.2 Å². The fourth-order valence-corrected chi connectivity index (χ4v) is 4.81. The molecule has 1 aliphatic rings. The van der Waals surface area contributed by atoms with Gasteiger partial charge in [-0.2, -0.15) is 5.26 Å². The van der Waals surface area contributed by atoms with Crippen molar-refractivity contribution >= 4 is 17.3 Å². The molecular formula is C32H30N4O2. The molecule has 0 aliphatic carbocycles. The average Bonchev–Trinajstić information content (AvgIpc) is 2.98. The number of rotatable bonds is 7. The van der Waals surface area contributed by atoms with Crippen LogP contribution in [0.5, 0.6) is 5.75 Å². The molecule has 0 spiro atoms. The minimum atomic E-state index is -0.176. The van der Waals surface area contributed by atoms with E-state index in [4.69, 9.17) is 10.00 Å². The Morgan fingerprint density at radius 1 is 0.895 bits per heavy atom. The first-order chi connectivity index (χ1) is 18.6. The van der Waals surface area contributed by atoms with Crippen molar-refractivity contribution in [3.63, 3.8) is 0 Å². The fourth-order valence-electron chi connectivity index (χ4n) is 4.81. The lowest BCUT2D eigenvalue weighted by Gasteiger charge is -2.36. The first-order valence-corrected chi connectivity index (χ1v) is 12.7. The summed E-state index contributed by atoms with van der Waals surface area (Å²) in [6.45, 7) is 4.62. The van der Waals surface area contributed by atoms with Crippen LogP contribution >= 0.6 is 0 Å². The van der Waals surface area contributed by atoms with E-state index in [1.165, 1.54) is 5.56 Å². The molecule has 0 atom stereocenters. The summed E-state index contributed by atoms with van der Waals surface area (Å²) < 4.78 is 5.57. The Labute approximate surface area is 223 Å². The van der Waals surface area contributed by atoms with E-state index in [9.17, 15) is 4.79 Å². The lowest BCUT2D eigenvalue weighted by molar-refractivity contribution is 0.102. The van der Waals surface area contributed by atoms with Gasteiger partial charge in [-0.15, -0.1) is 0 Å².